The average molecular weight is 590 g/mol. The Labute approximate surface area is 241 Å². The summed E-state index contributed by atoms with van der Waals surface area (Å²) in [6.07, 6.45) is -1.27. The quantitative estimate of drug-likeness (QED) is 0.126. The number of alkyl halides is 3. The molecule has 1 atom stereocenters. The van der Waals surface area contributed by atoms with Gasteiger partial charge in [-0.3, -0.25) is 15.1 Å². The van der Waals surface area contributed by atoms with Crippen molar-refractivity contribution in [2.45, 2.75) is 38.6 Å². The van der Waals surface area contributed by atoms with E-state index in [1.807, 2.05) is 23.5 Å². The fraction of sp³-hybridized carbons (Fsp3) is 0.207. The first-order chi connectivity index (χ1) is 20.5. The summed E-state index contributed by atoms with van der Waals surface area (Å²) in [5.74, 6) is -1.32. The van der Waals surface area contributed by atoms with Gasteiger partial charge in [0.2, 0.25) is 0 Å². The number of nitrogens with zero attached hydrogens (tertiary/aromatic N) is 7. The largest absolute Gasteiger partial charge is 0.439 e. The lowest BCUT2D eigenvalue weighted by atomic mass is 9.95. The summed E-state index contributed by atoms with van der Waals surface area (Å²) in [5, 5.41) is 28.2. The second-order valence-electron chi connectivity index (χ2n) is 9.71. The molecule has 4 aromatic heterocycles. The zero-order valence-electron chi connectivity index (χ0n) is 22.7. The summed E-state index contributed by atoms with van der Waals surface area (Å²) in [5.41, 5.74) is -0.349. The molecule has 1 unspecified atom stereocenters. The van der Waals surface area contributed by atoms with E-state index in [0.717, 1.165) is 41.7 Å². The zero-order chi connectivity index (χ0) is 30.9. The predicted molar refractivity (Wildman–Crippen MR) is 146 cm³/mol. The lowest BCUT2D eigenvalue weighted by molar-refractivity contribution is -0.384. The van der Waals surface area contributed by atoms with Crippen LogP contribution in [0.4, 0.5) is 18.9 Å². The molecule has 0 N–H and O–H groups in total. The van der Waals surface area contributed by atoms with Gasteiger partial charge in [0, 0.05) is 41.3 Å². The molecule has 0 aliphatic heterocycles. The molecule has 14 heteroatoms. The number of hydrogen-bond donors (Lipinski definition) is 0. The van der Waals surface area contributed by atoms with Gasteiger partial charge in [0.15, 0.2) is 0 Å². The Morgan fingerprint density at radius 1 is 1.14 bits per heavy atom. The highest BCUT2D eigenvalue weighted by atomic mass is 19.4. The summed E-state index contributed by atoms with van der Waals surface area (Å²) >= 11 is 0. The summed E-state index contributed by atoms with van der Waals surface area (Å²) in [7, 11) is 0. The Hall–Kier alpha value is -5.58. The van der Waals surface area contributed by atoms with Crippen molar-refractivity contribution in [2.75, 3.05) is 0 Å². The van der Waals surface area contributed by atoms with Crippen LogP contribution < -0.4 is 0 Å². The van der Waals surface area contributed by atoms with Crippen LogP contribution in [0.1, 0.15) is 46.2 Å². The van der Waals surface area contributed by atoms with E-state index in [-0.39, 0.29) is 17.8 Å². The third-order valence-electron chi connectivity index (χ3n) is 6.98. The molecule has 5 aromatic rings. The Morgan fingerprint density at radius 2 is 1.88 bits per heavy atom. The van der Waals surface area contributed by atoms with Crippen LogP contribution in [0.2, 0.25) is 0 Å². The number of rotatable bonds is 8. The number of esters is 1. The van der Waals surface area contributed by atoms with E-state index >= 15 is 0 Å². The highest BCUT2D eigenvalue weighted by Gasteiger charge is 2.60. The molecule has 1 aromatic carbocycles. The number of ether oxygens (including phenoxy) is 1. The number of benzene rings is 1. The standard InChI is InChI=1S/C29H22F3N7O4/c1-3-28(29(30,31)32,43-27(40)20-6-8-23(9-7-20)39(41)42)25-17-37(36-35-25)16-19-10-11-38-24(12-19)13-22(14-33)26(38)21-5-4-18(2)34-15-21/h4-13,15,17H,3,16H2,1-2H3. The number of nitro benzene ring substituents is 1. The van der Waals surface area contributed by atoms with Gasteiger partial charge in [-0.1, -0.05) is 12.1 Å². The van der Waals surface area contributed by atoms with Crippen LogP contribution in [0.3, 0.4) is 0 Å². The second-order valence-corrected chi connectivity index (χ2v) is 9.71. The molecule has 4 heterocycles. The molecule has 0 spiro atoms. The van der Waals surface area contributed by atoms with E-state index in [1.54, 1.807) is 30.6 Å². The number of aryl methyl sites for hydroxylation is 1. The number of aromatic nitrogens is 5. The van der Waals surface area contributed by atoms with Gasteiger partial charge >= 0.3 is 12.1 Å². The van der Waals surface area contributed by atoms with Gasteiger partial charge in [-0.2, -0.15) is 18.4 Å². The molecule has 0 bridgehead atoms. The monoisotopic (exact) mass is 589 g/mol. The predicted octanol–water partition coefficient (Wildman–Crippen LogP) is 5.75. The molecular weight excluding hydrogens is 567 g/mol. The number of nitriles is 1. The van der Waals surface area contributed by atoms with E-state index in [0.29, 0.717) is 22.3 Å². The number of non-ortho nitro benzene ring substituents is 1. The van der Waals surface area contributed by atoms with E-state index in [4.69, 9.17) is 4.74 Å². The molecule has 0 radical (unpaired) electrons. The van der Waals surface area contributed by atoms with Gasteiger partial charge < -0.3 is 9.14 Å². The number of hydrogen-bond acceptors (Lipinski definition) is 8. The maximum atomic E-state index is 14.5. The van der Waals surface area contributed by atoms with Crippen LogP contribution >= 0.6 is 0 Å². The SMILES string of the molecule is CCC(OC(=O)c1ccc([N+](=O)[O-])cc1)(c1cn(Cc2ccn3c(-c4ccc(C)nc4)c(C#N)cc3c2)nn1)C(F)(F)F. The summed E-state index contributed by atoms with van der Waals surface area (Å²) in [4.78, 5) is 27.2. The Morgan fingerprint density at radius 3 is 2.49 bits per heavy atom. The zero-order valence-corrected chi connectivity index (χ0v) is 22.7. The number of nitro groups is 1. The first kappa shape index (κ1) is 28.9. The van der Waals surface area contributed by atoms with E-state index in [9.17, 15) is 33.3 Å². The number of pyridine rings is 2. The van der Waals surface area contributed by atoms with Crippen LogP contribution in [0.25, 0.3) is 16.8 Å². The van der Waals surface area contributed by atoms with Gasteiger partial charge in [0.25, 0.3) is 11.3 Å². The second kappa shape index (κ2) is 11.0. The first-order valence-electron chi connectivity index (χ1n) is 12.9. The van der Waals surface area contributed by atoms with Crippen LogP contribution in [0.15, 0.2) is 73.2 Å². The van der Waals surface area contributed by atoms with E-state index in [2.05, 4.69) is 21.4 Å². The van der Waals surface area contributed by atoms with Crippen LogP contribution in [0.5, 0.6) is 0 Å². The third-order valence-corrected chi connectivity index (χ3v) is 6.98. The van der Waals surface area contributed by atoms with Gasteiger partial charge in [0.1, 0.15) is 11.8 Å². The highest BCUT2D eigenvalue weighted by Crippen LogP contribution is 2.44. The molecule has 0 fully saturated rings. The number of halogens is 3. The molecule has 0 aliphatic rings. The summed E-state index contributed by atoms with van der Waals surface area (Å²) < 4.78 is 51.5. The fourth-order valence-corrected chi connectivity index (χ4v) is 4.70. The Bertz CT molecular complexity index is 1870. The van der Waals surface area contributed by atoms with Gasteiger partial charge in [-0.05, 0) is 61.4 Å². The molecule has 0 saturated heterocycles. The number of carbonyl (C=O) groups excluding carboxylic acids is 1. The number of carbonyl (C=O) groups is 1. The molecule has 0 saturated carbocycles. The van der Waals surface area contributed by atoms with Crippen molar-refractivity contribution in [3.05, 3.63) is 111 Å². The first-order valence-corrected chi connectivity index (χ1v) is 12.9. The van der Waals surface area contributed by atoms with Crippen LogP contribution in [-0.4, -0.2) is 41.4 Å². The van der Waals surface area contributed by atoms with Crippen molar-refractivity contribution in [1.29, 1.82) is 5.26 Å². The molecule has 0 aliphatic carbocycles. The minimum Gasteiger partial charge on any atom is -0.439 e. The molecule has 43 heavy (non-hydrogen) atoms. The average Bonchev–Trinajstić information content (AvgIpc) is 3.60. The van der Waals surface area contributed by atoms with Crippen LogP contribution in [-0.2, 0) is 16.9 Å². The minimum absolute atomic E-state index is 0.0337. The lowest BCUT2D eigenvalue weighted by Gasteiger charge is -2.32. The van der Waals surface area contributed by atoms with Gasteiger partial charge in [-0.15, -0.1) is 5.10 Å². The van der Waals surface area contributed by atoms with E-state index < -0.39 is 34.8 Å². The normalized spacial score (nSPS) is 12.9. The maximum absolute atomic E-state index is 14.5. The third kappa shape index (κ3) is 5.40. The number of fused-ring (bicyclic) bond motifs is 1. The van der Waals surface area contributed by atoms with Crippen LogP contribution in [0, 0.1) is 28.4 Å². The molecular formula is C29H22F3N7O4. The molecule has 218 valence electrons. The Kier molecular flexibility index (Phi) is 7.41. The van der Waals surface area contributed by atoms with Gasteiger partial charge in [0.05, 0.1) is 34.5 Å². The van der Waals surface area contributed by atoms with Crippen molar-refractivity contribution < 1.29 is 27.6 Å². The van der Waals surface area contributed by atoms with Gasteiger partial charge in [-0.25, -0.2) is 9.48 Å². The topological polar surface area (TPSA) is 141 Å². The smallest absolute Gasteiger partial charge is 0.434 e. The minimum atomic E-state index is -5.06. The van der Waals surface area contributed by atoms with E-state index in [1.165, 1.54) is 11.6 Å². The van der Waals surface area contributed by atoms with Crippen molar-refractivity contribution in [3.63, 3.8) is 0 Å². The molecule has 0 amide bonds. The summed E-state index contributed by atoms with van der Waals surface area (Å²) in [6.45, 7) is 3.09. The Balaban J connectivity index is 1.43. The molecule has 11 nitrogen and oxygen atoms in total. The van der Waals surface area contributed by atoms with Crippen molar-refractivity contribution in [1.82, 2.24) is 24.4 Å². The summed E-state index contributed by atoms with van der Waals surface area (Å²) in [6, 6.07) is 15.1. The lowest BCUT2D eigenvalue weighted by Crippen LogP contribution is -2.46. The molecule has 5 rings (SSSR count). The maximum Gasteiger partial charge on any atom is 0.434 e. The highest BCUT2D eigenvalue weighted by molar-refractivity contribution is 5.90. The van der Waals surface area contributed by atoms with Crippen molar-refractivity contribution in [3.8, 4) is 17.3 Å². The van der Waals surface area contributed by atoms with Crippen molar-refractivity contribution >= 4 is 17.2 Å². The van der Waals surface area contributed by atoms with Crippen molar-refractivity contribution in [2.24, 2.45) is 0 Å². The fourth-order valence-electron chi connectivity index (χ4n) is 4.70.